The molecule has 4 heteroatoms. The maximum absolute atomic E-state index is 12.9. The summed E-state index contributed by atoms with van der Waals surface area (Å²) in [6, 6.07) is 3.88. The summed E-state index contributed by atoms with van der Waals surface area (Å²) in [6.07, 6.45) is 0. The van der Waals surface area contributed by atoms with Gasteiger partial charge in [-0.1, -0.05) is 13.8 Å². The summed E-state index contributed by atoms with van der Waals surface area (Å²) in [6.45, 7) is 4.70. The van der Waals surface area contributed by atoms with Crippen LogP contribution in [0.5, 0.6) is 0 Å². The van der Waals surface area contributed by atoms with E-state index in [2.05, 4.69) is 0 Å². The van der Waals surface area contributed by atoms with Gasteiger partial charge in [-0.15, -0.1) is 0 Å². The summed E-state index contributed by atoms with van der Waals surface area (Å²) < 4.78 is 12.9. The zero-order valence-electron chi connectivity index (χ0n) is 10.0. The number of rotatable bonds is 4. The number of halogens is 1. The van der Waals surface area contributed by atoms with E-state index in [0.29, 0.717) is 11.1 Å². The molecule has 1 aromatic rings. The van der Waals surface area contributed by atoms with Crippen molar-refractivity contribution in [1.29, 1.82) is 0 Å². The molecule has 0 aliphatic rings. The summed E-state index contributed by atoms with van der Waals surface area (Å²) in [5, 5.41) is 8.85. The molecule has 2 unspecified atom stereocenters. The minimum absolute atomic E-state index is 0.266. The Balaban J connectivity index is 3.00. The number of carboxylic acids is 1. The average molecular weight is 238 g/mol. The molecule has 3 nitrogen and oxygen atoms in total. The molecule has 92 valence electrons. The van der Waals surface area contributed by atoms with Crippen molar-refractivity contribution in [3.63, 3.8) is 0 Å². The Kier molecular flexibility index (Phi) is 3.99. The summed E-state index contributed by atoms with van der Waals surface area (Å²) >= 11 is 0. The monoisotopic (exact) mass is 238 g/mol. The lowest BCUT2D eigenvalue weighted by Crippen LogP contribution is -2.25. The predicted molar refractivity (Wildman–Crippen MR) is 61.4 cm³/mol. The largest absolute Gasteiger partial charge is 0.481 e. The second kappa shape index (κ2) is 5.08. The van der Waals surface area contributed by atoms with Gasteiger partial charge in [0.05, 0.1) is 5.92 Å². The first-order valence-corrected chi connectivity index (χ1v) is 5.37. The number of hydrogen-bond acceptors (Lipinski definition) is 2. The Morgan fingerprint density at radius 2 is 1.82 bits per heavy atom. The number of aliphatic carboxylic acids is 1. The SMILES string of the molecule is Cc1cc(F)ccc1C(=O)C(C)C(C)C(=O)O. The number of Topliss-reactive ketones (excluding diaryl/α,β-unsaturated/α-hetero) is 1. The Bertz CT molecular complexity index is 454. The van der Waals surface area contributed by atoms with Crippen molar-refractivity contribution >= 4 is 11.8 Å². The lowest BCUT2D eigenvalue weighted by atomic mass is 9.87. The quantitative estimate of drug-likeness (QED) is 0.820. The molecular formula is C13H15FO3. The average Bonchev–Trinajstić information content (AvgIpc) is 2.26. The minimum atomic E-state index is -1.01. The van der Waals surface area contributed by atoms with Crippen molar-refractivity contribution in [1.82, 2.24) is 0 Å². The third kappa shape index (κ3) is 2.90. The standard InChI is InChI=1S/C13H15FO3/c1-7-6-10(14)4-5-11(7)12(15)8(2)9(3)13(16)17/h4-6,8-9H,1-3H3,(H,16,17). The van der Waals surface area contributed by atoms with Gasteiger partial charge in [-0.25, -0.2) is 4.39 Å². The number of carbonyl (C=O) groups excluding carboxylic acids is 1. The van der Waals surface area contributed by atoms with Gasteiger partial charge in [0, 0.05) is 11.5 Å². The number of carboxylic acid groups (broad SMARTS) is 1. The fraction of sp³-hybridized carbons (Fsp3) is 0.385. The van der Waals surface area contributed by atoms with Crippen LogP contribution in [0.15, 0.2) is 18.2 Å². The van der Waals surface area contributed by atoms with Gasteiger partial charge in [-0.05, 0) is 30.7 Å². The lowest BCUT2D eigenvalue weighted by molar-refractivity contribution is -0.142. The Morgan fingerprint density at radius 1 is 1.24 bits per heavy atom. The summed E-state index contributed by atoms with van der Waals surface area (Å²) in [4.78, 5) is 22.8. The first-order valence-electron chi connectivity index (χ1n) is 5.37. The minimum Gasteiger partial charge on any atom is -0.481 e. The smallest absolute Gasteiger partial charge is 0.306 e. The van der Waals surface area contributed by atoms with E-state index in [0.717, 1.165) is 0 Å². The molecule has 17 heavy (non-hydrogen) atoms. The molecule has 0 aliphatic heterocycles. The molecule has 2 atom stereocenters. The van der Waals surface area contributed by atoms with Crippen molar-refractivity contribution in [2.75, 3.05) is 0 Å². The van der Waals surface area contributed by atoms with Crippen LogP contribution in [0.2, 0.25) is 0 Å². The van der Waals surface area contributed by atoms with Crippen molar-refractivity contribution in [3.8, 4) is 0 Å². The zero-order valence-corrected chi connectivity index (χ0v) is 10.0. The van der Waals surface area contributed by atoms with Crippen LogP contribution in [0.25, 0.3) is 0 Å². The van der Waals surface area contributed by atoms with Gasteiger partial charge >= 0.3 is 5.97 Å². The van der Waals surface area contributed by atoms with Crippen LogP contribution < -0.4 is 0 Å². The number of benzene rings is 1. The summed E-state index contributed by atoms with van der Waals surface area (Å²) in [7, 11) is 0. The van der Waals surface area contributed by atoms with E-state index in [9.17, 15) is 14.0 Å². The van der Waals surface area contributed by atoms with Crippen molar-refractivity contribution in [2.24, 2.45) is 11.8 Å². The first-order chi connectivity index (χ1) is 7.84. The number of aryl methyl sites for hydroxylation is 1. The third-order valence-electron chi connectivity index (χ3n) is 3.01. The summed E-state index contributed by atoms with van der Waals surface area (Å²) in [5.41, 5.74) is 0.909. The van der Waals surface area contributed by atoms with Crippen LogP contribution >= 0.6 is 0 Å². The molecule has 0 saturated heterocycles. The highest BCUT2D eigenvalue weighted by molar-refractivity contribution is 6.00. The normalized spacial score (nSPS) is 14.1. The second-order valence-corrected chi connectivity index (χ2v) is 4.24. The molecule has 0 bridgehead atoms. The maximum atomic E-state index is 12.9. The van der Waals surface area contributed by atoms with E-state index in [1.165, 1.54) is 25.1 Å². The maximum Gasteiger partial charge on any atom is 0.306 e. The number of carbonyl (C=O) groups is 2. The highest BCUT2D eigenvalue weighted by Gasteiger charge is 2.27. The topological polar surface area (TPSA) is 54.4 Å². The van der Waals surface area contributed by atoms with Crippen LogP contribution in [-0.2, 0) is 4.79 Å². The molecule has 0 aliphatic carbocycles. The van der Waals surface area contributed by atoms with E-state index in [1.54, 1.807) is 13.8 Å². The fourth-order valence-electron chi connectivity index (χ4n) is 1.59. The van der Waals surface area contributed by atoms with E-state index in [1.807, 2.05) is 0 Å². The predicted octanol–water partition coefficient (Wildman–Crippen LogP) is 2.67. The van der Waals surface area contributed by atoms with Crippen LogP contribution in [0.3, 0.4) is 0 Å². The lowest BCUT2D eigenvalue weighted by Gasteiger charge is -2.15. The van der Waals surface area contributed by atoms with Gasteiger partial charge in [0.1, 0.15) is 5.82 Å². The van der Waals surface area contributed by atoms with Gasteiger partial charge in [-0.3, -0.25) is 9.59 Å². The van der Waals surface area contributed by atoms with E-state index in [4.69, 9.17) is 5.11 Å². The fourth-order valence-corrected chi connectivity index (χ4v) is 1.59. The molecule has 0 radical (unpaired) electrons. The van der Waals surface area contributed by atoms with Crippen molar-refractivity contribution < 1.29 is 19.1 Å². The third-order valence-corrected chi connectivity index (χ3v) is 3.01. The van der Waals surface area contributed by atoms with Gasteiger partial charge < -0.3 is 5.11 Å². The van der Waals surface area contributed by atoms with E-state index < -0.39 is 23.6 Å². The number of ketones is 1. The Hall–Kier alpha value is -1.71. The highest BCUT2D eigenvalue weighted by Crippen LogP contribution is 2.20. The molecule has 1 aromatic carbocycles. The Labute approximate surface area is 99.3 Å². The van der Waals surface area contributed by atoms with Crippen molar-refractivity contribution in [3.05, 3.63) is 35.1 Å². The van der Waals surface area contributed by atoms with E-state index in [-0.39, 0.29) is 5.78 Å². The number of hydrogen-bond donors (Lipinski definition) is 1. The molecule has 0 amide bonds. The zero-order chi connectivity index (χ0) is 13.2. The van der Waals surface area contributed by atoms with Crippen molar-refractivity contribution in [2.45, 2.75) is 20.8 Å². The Morgan fingerprint density at radius 3 is 2.29 bits per heavy atom. The van der Waals surface area contributed by atoms with Gasteiger partial charge in [0.25, 0.3) is 0 Å². The molecule has 0 spiro atoms. The molecule has 0 aromatic heterocycles. The van der Waals surface area contributed by atoms with Gasteiger partial charge in [0.15, 0.2) is 5.78 Å². The van der Waals surface area contributed by atoms with Crippen LogP contribution in [0, 0.1) is 24.6 Å². The molecular weight excluding hydrogens is 223 g/mol. The molecule has 0 heterocycles. The highest BCUT2D eigenvalue weighted by atomic mass is 19.1. The molecule has 0 saturated carbocycles. The molecule has 0 fully saturated rings. The second-order valence-electron chi connectivity index (χ2n) is 4.24. The van der Waals surface area contributed by atoms with Crippen LogP contribution in [0.4, 0.5) is 4.39 Å². The summed E-state index contributed by atoms with van der Waals surface area (Å²) in [5.74, 6) is -3.07. The van der Waals surface area contributed by atoms with E-state index >= 15 is 0 Å². The molecule has 1 N–H and O–H groups in total. The first kappa shape index (κ1) is 13.4. The van der Waals surface area contributed by atoms with Gasteiger partial charge in [-0.2, -0.15) is 0 Å². The van der Waals surface area contributed by atoms with Gasteiger partial charge in [0.2, 0.25) is 0 Å². The molecule has 1 rings (SSSR count). The van der Waals surface area contributed by atoms with Crippen LogP contribution in [0.1, 0.15) is 29.8 Å². The van der Waals surface area contributed by atoms with Crippen LogP contribution in [-0.4, -0.2) is 16.9 Å².